The number of carbonyl (C=O) groups is 1. The molecule has 1 unspecified atom stereocenters. The van der Waals surface area contributed by atoms with Crippen LogP contribution in [0.5, 0.6) is 0 Å². The molecule has 1 atom stereocenters. The Bertz CT molecular complexity index is 647. The minimum Gasteiger partial charge on any atom is -0.345 e. The maximum Gasteiger partial charge on any atom is 0.251 e. The normalized spacial score (nSPS) is 12.2. The van der Waals surface area contributed by atoms with Gasteiger partial charge in [-0.1, -0.05) is 50.2 Å². The fraction of sp³-hybridized carbons (Fsp3) is 0.350. The summed E-state index contributed by atoms with van der Waals surface area (Å²) in [5, 5.41) is 3.19. The van der Waals surface area contributed by atoms with Gasteiger partial charge in [0.1, 0.15) is 0 Å². The lowest BCUT2D eigenvalue weighted by Crippen LogP contribution is -2.30. The van der Waals surface area contributed by atoms with E-state index in [1.54, 1.807) is 0 Å². The quantitative estimate of drug-likeness (QED) is 0.848. The maximum absolute atomic E-state index is 12.6. The van der Waals surface area contributed by atoms with Crippen LogP contribution < -0.4 is 11.1 Å². The minimum atomic E-state index is -0.0394. The first-order chi connectivity index (χ1) is 11.0. The molecule has 2 aromatic carbocycles. The smallest absolute Gasteiger partial charge is 0.251 e. The van der Waals surface area contributed by atoms with E-state index in [-0.39, 0.29) is 11.9 Å². The van der Waals surface area contributed by atoms with Gasteiger partial charge in [-0.25, -0.2) is 0 Å². The molecule has 2 rings (SSSR count). The Morgan fingerprint density at radius 2 is 1.74 bits per heavy atom. The topological polar surface area (TPSA) is 55.1 Å². The van der Waals surface area contributed by atoms with Crippen molar-refractivity contribution < 1.29 is 4.79 Å². The third-order valence-electron chi connectivity index (χ3n) is 4.03. The molecule has 1 amide bonds. The maximum atomic E-state index is 12.6. The van der Waals surface area contributed by atoms with Gasteiger partial charge in [-0.2, -0.15) is 0 Å². The van der Waals surface area contributed by atoms with E-state index in [2.05, 4.69) is 38.2 Å². The van der Waals surface area contributed by atoms with Crippen LogP contribution in [0, 0.1) is 12.8 Å². The Morgan fingerprint density at radius 3 is 2.30 bits per heavy atom. The van der Waals surface area contributed by atoms with Crippen molar-refractivity contribution in [1.29, 1.82) is 0 Å². The van der Waals surface area contributed by atoms with Crippen molar-refractivity contribution in [2.45, 2.75) is 39.8 Å². The Labute approximate surface area is 138 Å². The standard InChI is InChI=1S/C20H26N2O/c1-14(2)12-19(18-7-5-4-6-15(18)3)22-20(23)17-10-8-16(13-21)9-11-17/h4-11,14,19H,12-13,21H2,1-3H3,(H,22,23). The first kappa shape index (κ1) is 17.2. The zero-order chi connectivity index (χ0) is 16.8. The summed E-state index contributed by atoms with van der Waals surface area (Å²) in [6.45, 7) is 6.92. The van der Waals surface area contributed by atoms with Crippen LogP contribution in [0.3, 0.4) is 0 Å². The molecular weight excluding hydrogens is 284 g/mol. The molecule has 0 spiro atoms. The number of benzene rings is 2. The number of hydrogen-bond acceptors (Lipinski definition) is 2. The van der Waals surface area contributed by atoms with E-state index >= 15 is 0 Å². The molecule has 3 N–H and O–H groups in total. The largest absolute Gasteiger partial charge is 0.345 e. The number of rotatable bonds is 6. The van der Waals surface area contributed by atoms with Crippen molar-refractivity contribution in [2.24, 2.45) is 11.7 Å². The lowest BCUT2D eigenvalue weighted by atomic mass is 9.93. The molecule has 3 nitrogen and oxygen atoms in total. The predicted octanol–water partition coefficient (Wildman–Crippen LogP) is 3.97. The zero-order valence-electron chi connectivity index (χ0n) is 14.2. The summed E-state index contributed by atoms with van der Waals surface area (Å²) < 4.78 is 0. The Hall–Kier alpha value is -2.13. The van der Waals surface area contributed by atoms with Crippen LogP contribution in [-0.4, -0.2) is 5.91 Å². The first-order valence-electron chi connectivity index (χ1n) is 8.16. The molecule has 0 aliphatic heterocycles. The van der Waals surface area contributed by atoms with Crippen LogP contribution >= 0.6 is 0 Å². The summed E-state index contributed by atoms with van der Waals surface area (Å²) in [5.41, 5.74) is 9.70. The van der Waals surface area contributed by atoms with Gasteiger partial charge in [0.25, 0.3) is 5.91 Å². The molecule has 0 aliphatic carbocycles. The van der Waals surface area contributed by atoms with Crippen LogP contribution in [0.25, 0.3) is 0 Å². The molecular formula is C20H26N2O. The highest BCUT2D eigenvalue weighted by molar-refractivity contribution is 5.94. The monoisotopic (exact) mass is 310 g/mol. The van der Waals surface area contributed by atoms with E-state index in [1.165, 1.54) is 11.1 Å². The van der Waals surface area contributed by atoms with Crippen molar-refractivity contribution in [1.82, 2.24) is 5.32 Å². The number of hydrogen-bond donors (Lipinski definition) is 2. The van der Waals surface area contributed by atoms with Crippen molar-refractivity contribution in [3.63, 3.8) is 0 Å². The average Bonchev–Trinajstić information content (AvgIpc) is 2.54. The van der Waals surface area contributed by atoms with E-state index in [0.717, 1.165) is 12.0 Å². The fourth-order valence-electron chi connectivity index (χ4n) is 2.75. The number of nitrogens with one attached hydrogen (secondary N) is 1. The number of nitrogens with two attached hydrogens (primary N) is 1. The van der Waals surface area contributed by atoms with Crippen molar-refractivity contribution in [3.8, 4) is 0 Å². The highest BCUT2D eigenvalue weighted by Crippen LogP contribution is 2.24. The van der Waals surface area contributed by atoms with Gasteiger partial charge in [0.05, 0.1) is 6.04 Å². The minimum absolute atomic E-state index is 0.0258. The number of aryl methyl sites for hydroxylation is 1. The summed E-state index contributed by atoms with van der Waals surface area (Å²) in [4.78, 5) is 12.6. The van der Waals surface area contributed by atoms with E-state index in [9.17, 15) is 4.79 Å². The van der Waals surface area contributed by atoms with Crippen molar-refractivity contribution in [3.05, 3.63) is 70.8 Å². The Morgan fingerprint density at radius 1 is 1.09 bits per heavy atom. The fourth-order valence-corrected chi connectivity index (χ4v) is 2.75. The van der Waals surface area contributed by atoms with Crippen LogP contribution in [-0.2, 0) is 6.54 Å². The number of carbonyl (C=O) groups excluding carboxylic acids is 1. The van der Waals surface area contributed by atoms with E-state index < -0.39 is 0 Å². The van der Waals surface area contributed by atoms with Crippen LogP contribution in [0.15, 0.2) is 48.5 Å². The average molecular weight is 310 g/mol. The first-order valence-corrected chi connectivity index (χ1v) is 8.16. The van der Waals surface area contributed by atoms with Crippen molar-refractivity contribution in [2.75, 3.05) is 0 Å². The molecule has 0 bridgehead atoms. The third-order valence-corrected chi connectivity index (χ3v) is 4.03. The van der Waals surface area contributed by atoms with Crippen LogP contribution in [0.2, 0.25) is 0 Å². The van der Waals surface area contributed by atoms with Gasteiger partial charge >= 0.3 is 0 Å². The SMILES string of the molecule is Cc1ccccc1C(CC(C)C)NC(=O)c1ccc(CN)cc1. The van der Waals surface area contributed by atoms with Gasteiger partial charge in [0, 0.05) is 12.1 Å². The van der Waals surface area contributed by atoms with Gasteiger partial charge < -0.3 is 11.1 Å². The molecule has 0 aromatic heterocycles. The van der Waals surface area contributed by atoms with Gasteiger partial charge in [0.2, 0.25) is 0 Å². The summed E-state index contributed by atoms with van der Waals surface area (Å²) in [6.07, 6.45) is 0.914. The summed E-state index contributed by atoms with van der Waals surface area (Å²) >= 11 is 0. The van der Waals surface area contributed by atoms with E-state index in [4.69, 9.17) is 5.73 Å². The molecule has 0 heterocycles. The molecule has 0 radical (unpaired) electrons. The molecule has 0 saturated heterocycles. The Kier molecular flexibility index (Phi) is 5.94. The van der Waals surface area contributed by atoms with Gasteiger partial charge in [-0.3, -0.25) is 4.79 Å². The second-order valence-corrected chi connectivity index (χ2v) is 6.41. The molecule has 0 saturated carbocycles. The second-order valence-electron chi connectivity index (χ2n) is 6.41. The molecule has 122 valence electrons. The highest BCUT2D eigenvalue weighted by Gasteiger charge is 2.18. The van der Waals surface area contributed by atoms with E-state index in [1.807, 2.05) is 36.4 Å². The number of amides is 1. The van der Waals surface area contributed by atoms with E-state index in [0.29, 0.717) is 18.0 Å². The lowest BCUT2D eigenvalue weighted by molar-refractivity contribution is 0.0932. The summed E-state index contributed by atoms with van der Waals surface area (Å²) in [5.74, 6) is 0.460. The predicted molar refractivity (Wildman–Crippen MR) is 95.2 cm³/mol. The van der Waals surface area contributed by atoms with Crippen LogP contribution in [0.1, 0.15) is 53.4 Å². The summed E-state index contributed by atoms with van der Waals surface area (Å²) in [6, 6.07) is 15.7. The zero-order valence-corrected chi connectivity index (χ0v) is 14.2. The lowest BCUT2D eigenvalue weighted by Gasteiger charge is -2.23. The van der Waals surface area contributed by atoms with Crippen LogP contribution in [0.4, 0.5) is 0 Å². The van der Waals surface area contributed by atoms with Crippen molar-refractivity contribution >= 4 is 5.91 Å². The summed E-state index contributed by atoms with van der Waals surface area (Å²) in [7, 11) is 0. The molecule has 23 heavy (non-hydrogen) atoms. The third kappa shape index (κ3) is 4.67. The second kappa shape index (κ2) is 7.93. The van der Waals surface area contributed by atoms with Gasteiger partial charge in [0.15, 0.2) is 0 Å². The Balaban J connectivity index is 2.19. The molecule has 0 aliphatic rings. The molecule has 3 heteroatoms. The van der Waals surface area contributed by atoms with Gasteiger partial charge in [-0.05, 0) is 48.1 Å². The van der Waals surface area contributed by atoms with Gasteiger partial charge in [-0.15, -0.1) is 0 Å². The highest BCUT2D eigenvalue weighted by atomic mass is 16.1. The molecule has 0 fully saturated rings. The molecule has 2 aromatic rings.